The largest absolute Gasteiger partial charge is 0.341 e. The first kappa shape index (κ1) is 20.2. The van der Waals surface area contributed by atoms with Crippen LogP contribution >= 0.6 is 11.8 Å². The lowest BCUT2D eigenvalue weighted by Gasteiger charge is -2.19. The summed E-state index contributed by atoms with van der Waals surface area (Å²) < 4.78 is 4.14. The molecule has 152 valence electrons. The molecule has 0 aliphatic rings. The SMILES string of the molecule is Cc1cc(C(=O)CSc2nncn2-c2ccccc2)c(C)n1[C@H](C)c1ccccc1. The second-order valence-electron chi connectivity index (χ2n) is 7.27. The van der Waals surface area contributed by atoms with E-state index in [0.717, 1.165) is 22.6 Å². The van der Waals surface area contributed by atoms with Crippen LogP contribution in [-0.2, 0) is 0 Å². The lowest BCUT2D eigenvalue weighted by molar-refractivity contribution is 0.102. The van der Waals surface area contributed by atoms with Gasteiger partial charge >= 0.3 is 0 Å². The Balaban J connectivity index is 1.53. The zero-order chi connectivity index (χ0) is 21.1. The second kappa shape index (κ2) is 8.71. The van der Waals surface area contributed by atoms with Crippen LogP contribution in [0.2, 0.25) is 0 Å². The second-order valence-corrected chi connectivity index (χ2v) is 8.21. The average molecular weight is 417 g/mol. The summed E-state index contributed by atoms with van der Waals surface area (Å²) in [6.07, 6.45) is 1.68. The molecule has 4 rings (SSSR count). The standard InChI is InChI=1S/C24H24N4OS/c1-17-14-22(19(3)28(17)18(2)20-10-6-4-7-11-20)23(29)15-30-24-26-25-16-27(24)21-12-8-5-9-13-21/h4-14,16,18H,15H2,1-3H3/t18-/m1/s1. The first-order chi connectivity index (χ1) is 14.6. The first-order valence-electron chi connectivity index (χ1n) is 9.91. The molecule has 2 aromatic heterocycles. The van der Waals surface area contributed by atoms with E-state index in [-0.39, 0.29) is 11.8 Å². The maximum absolute atomic E-state index is 13.0. The van der Waals surface area contributed by atoms with Crippen molar-refractivity contribution in [2.24, 2.45) is 0 Å². The summed E-state index contributed by atoms with van der Waals surface area (Å²) in [7, 11) is 0. The van der Waals surface area contributed by atoms with Crippen LogP contribution < -0.4 is 0 Å². The number of rotatable bonds is 7. The van der Waals surface area contributed by atoms with Gasteiger partial charge in [-0.1, -0.05) is 60.3 Å². The van der Waals surface area contributed by atoms with Gasteiger partial charge in [-0.2, -0.15) is 0 Å². The van der Waals surface area contributed by atoms with Crippen molar-refractivity contribution >= 4 is 17.5 Å². The van der Waals surface area contributed by atoms with Gasteiger partial charge in [0, 0.05) is 22.6 Å². The van der Waals surface area contributed by atoms with Gasteiger partial charge in [0.15, 0.2) is 10.9 Å². The number of ketones is 1. The molecule has 0 spiro atoms. The maximum Gasteiger partial charge on any atom is 0.196 e. The van der Waals surface area contributed by atoms with E-state index in [1.54, 1.807) is 6.33 Å². The number of aromatic nitrogens is 4. The molecule has 1 atom stereocenters. The van der Waals surface area contributed by atoms with Crippen LogP contribution in [0.3, 0.4) is 0 Å². The third kappa shape index (κ3) is 3.96. The number of benzene rings is 2. The van der Waals surface area contributed by atoms with Gasteiger partial charge in [-0.3, -0.25) is 9.36 Å². The molecular weight excluding hydrogens is 392 g/mol. The van der Waals surface area contributed by atoms with E-state index >= 15 is 0 Å². The van der Waals surface area contributed by atoms with Gasteiger partial charge in [-0.15, -0.1) is 10.2 Å². The summed E-state index contributed by atoms with van der Waals surface area (Å²) in [6.45, 7) is 6.25. The molecule has 0 unspecified atom stereocenters. The number of hydrogen-bond donors (Lipinski definition) is 0. The van der Waals surface area contributed by atoms with Crippen LogP contribution in [0.5, 0.6) is 0 Å². The normalized spacial score (nSPS) is 12.1. The molecule has 0 aliphatic carbocycles. The smallest absolute Gasteiger partial charge is 0.196 e. The van der Waals surface area contributed by atoms with Crippen molar-refractivity contribution in [3.05, 3.63) is 95.6 Å². The summed E-state index contributed by atoms with van der Waals surface area (Å²) >= 11 is 1.41. The third-order valence-electron chi connectivity index (χ3n) is 5.34. The Morgan fingerprint density at radius 2 is 1.70 bits per heavy atom. The van der Waals surface area contributed by atoms with E-state index in [0.29, 0.717) is 10.9 Å². The Hall–Kier alpha value is -3.12. The van der Waals surface area contributed by atoms with Crippen molar-refractivity contribution in [1.29, 1.82) is 0 Å². The van der Waals surface area contributed by atoms with Crippen LogP contribution in [0, 0.1) is 13.8 Å². The summed E-state index contributed by atoms with van der Waals surface area (Å²) in [4.78, 5) is 13.0. The number of para-hydroxylation sites is 1. The first-order valence-corrected chi connectivity index (χ1v) is 10.9. The van der Waals surface area contributed by atoms with Gasteiger partial charge in [-0.25, -0.2) is 0 Å². The monoisotopic (exact) mass is 416 g/mol. The Kier molecular flexibility index (Phi) is 5.86. The molecule has 0 aliphatic heterocycles. The van der Waals surface area contributed by atoms with Crippen LogP contribution in [-0.4, -0.2) is 30.9 Å². The predicted octanol–water partition coefficient (Wildman–Crippen LogP) is 5.27. The van der Waals surface area contributed by atoms with Crippen molar-refractivity contribution in [2.75, 3.05) is 5.75 Å². The minimum absolute atomic E-state index is 0.0993. The third-order valence-corrected chi connectivity index (χ3v) is 6.28. The highest BCUT2D eigenvalue weighted by Crippen LogP contribution is 2.27. The molecule has 0 saturated heterocycles. The van der Waals surface area contributed by atoms with Crippen LogP contribution in [0.4, 0.5) is 0 Å². The minimum Gasteiger partial charge on any atom is -0.341 e. The van der Waals surface area contributed by atoms with Gasteiger partial charge in [0.25, 0.3) is 0 Å². The van der Waals surface area contributed by atoms with Crippen LogP contribution in [0.15, 0.2) is 78.2 Å². The molecule has 2 aromatic carbocycles. The van der Waals surface area contributed by atoms with Crippen molar-refractivity contribution < 1.29 is 4.79 Å². The molecule has 0 N–H and O–H groups in total. The Morgan fingerprint density at radius 3 is 2.40 bits per heavy atom. The van der Waals surface area contributed by atoms with Crippen molar-refractivity contribution in [1.82, 2.24) is 19.3 Å². The molecule has 4 aromatic rings. The summed E-state index contributed by atoms with van der Waals surface area (Å²) in [5.74, 6) is 0.414. The lowest BCUT2D eigenvalue weighted by Crippen LogP contribution is -2.12. The highest BCUT2D eigenvalue weighted by molar-refractivity contribution is 7.99. The number of thioether (sulfide) groups is 1. The maximum atomic E-state index is 13.0. The molecule has 30 heavy (non-hydrogen) atoms. The number of nitrogens with zero attached hydrogens (tertiary/aromatic N) is 4. The van der Waals surface area contributed by atoms with Gasteiger partial charge in [0.2, 0.25) is 0 Å². The van der Waals surface area contributed by atoms with Gasteiger partial charge in [0.1, 0.15) is 6.33 Å². The number of hydrogen-bond acceptors (Lipinski definition) is 4. The summed E-state index contributed by atoms with van der Waals surface area (Å²) in [5.41, 5.74) is 5.06. The Morgan fingerprint density at radius 1 is 1.03 bits per heavy atom. The number of carbonyl (C=O) groups is 1. The van der Waals surface area contributed by atoms with Crippen molar-refractivity contribution in [3.63, 3.8) is 0 Å². The topological polar surface area (TPSA) is 52.7 Å². The molecule has 5 nitrogen and oxygen atoms in total. The van der Waals surface area contributed by atoms with E-state index in [4.69, 9.17) is 0 Å². The Bertz CT molecular complexity index is 1150. The molecule has 0 amide bonds. The van der Waals surface area contributed by atoms with Crippen molar-refractivity contribution in [2.45, 2.75) is 32.0 Å². The van der Waals surface area contributed by atoms with Gasteiger partial charge in [0.05, 0.1) is 11.8 Å². The van der Waals surface area contributed by atoms with E-state index in [9.17, 15) is 4.79 Å². The summed E-state index contributed by atoms with van der Waals surface area (Å²) in [6, 6.07) is 22.4. The number of aryl methyl sites for hydroxylation is 1. The molecule has 6 heteroatoms. The lowest BCUT2D eigenvalue weighted by atomic mass is 10.1. The highest BCUT2D eigenvalue weighted by atomic mass is 32.2. The molecule has 0 fully saturated rings. The van der Waals surface area contributed by atoms with Crippen LogP contribution in [0.25, 0.3) is 5.69 Å². The minimum atomic E-state index is 0.0993. The van der Waals surface area contributed by atoms with E-state index in [1.165, 1.54) is 17.3 Å². The average Bonchev–Trinajstić information content (AvgIpc) is 3.37. The van der Waals surface area contributed by atoms with Crippen molar-refractivity contribution in [3.8, 4) is 5.69 Å². The van der Waals surface area contributed by atoms with E-state index in [2.05, 4.69) is 40.7 Å². The fourth-order valence-corrected chi connectivity index (χ4v) is 4.64. The quantitative estimate of drug-likeness (QED) is 0.304. The Labute approximate surface area is 180 Å². The molecular formula is C24H24N4OS. The fourth-order valence-electron chi connectivity index (χ4n) is 3.83. The molecule has 2 heterocycles. The van der Waals surface area contributed by atoms with E-state index < -0.39 is 0 Å². The van der Waals surface area contributed by atoms with Gasteiger partial charge in [-0.05, 0) is 44.5 Å². The van der Waals surface area contributed by atoms with E-state index in [1.807, 2.05) is 66.1 Å². The summed E-state index contributed by atoms with van der Waals surface area (Å²) in [5, 5.41) is 8.92. The number of Topliss-reactive ketones (excluding diaryl/α,β-unsaturated/α-hetero) is 1. The molecule has 0 saturated carbocycles. The van der Waals surface area contributed by atoms with Crippen LogP contribution in [0.1, 0.15) is 40.3 Å². The van der Waals surface area contributed by atoms with Gasteiger partial charge < -0.3 is 4.57 Å². The number of carbonyl (C=O) groups excluding carboxylic acids is 1. The predicted molar refractivity (Wildman–Crippen MR) is 121 cm³/mol. The zero-order valence-corrected chi connectivity index (χ0v) is 18.1. The molecule has 0 radical (unpaired) electrons. The highest BCUT2D eigenvalue weighted by Gasteiger charge is 2.20. The molecule has 0 bridgehead atoms. The zero-order valence-electron chi connectivity index (χ0n) is 17.3. The fraction of sp³-hybridized carbons (Fsp3) is 0.208.